The number of aliphatic hydroxyl groups is 3. The second kappa shape index (κ2) is 11.6. The van der Waals surface area contributed by atoms with E-state index in [-0.39, 0.29) is 58.7 Å². The van der Waals surface area contributed by atoms with Crippen LogP contribution in [0.5, 0.6) is 0 Å². The highest BCUT2D eigenvalue weighted by Crippen LogP contribution is 2.78. The molecule has 3 heterocycles. The first-order chi connectivity index (χ1) is 24.0. The molecular weight excluding hydrogens is 640 g/mol. The van der Waals surface area contributed by atoms with Gasteiger partial charge in [0, 0.05) is 17.9 Å². The molecule has 0 spiro atoms. The quantitative estimate of drug-likeness (QED) is 0.214. The van der Waals surface area contributed by atoms with Crippen LogP contribution in [0.3, 0.4) is 0 Å². The van der Waals surface area contributed by atoms with Gasteiger partial charge in [-0.25, -0.2) is 0 Å². The molecule has 8 nitrogen and oxygen atoms in total. The van der Waals surface area contributed by atoms with Gasteiger partial charge >= 0.3 is 0 Å². The molecule has 0 amide bonds. The van der Waals surface area contributed by atoms with Crippen molar-refractivity contribution in [1.29, 1.82) is 0 Å². The van der Waals surface area contributed by atoms with E-state index in [0.29, 0.717) is 36.7 Å². The first kappa shape index (κ1) is 35.8. The van der Waals surface area contributed by atoms with E-state index in [1.54, 1.807) is 0 Å². The highest BCUT2D eigenvalue weighted by molar-refractivity contribution is 6.00. The molecule has 7 fully saturated rings. The number of epoxide rings is 1. The highest BCUT2D eigenvalue weighted by atomic mass is 16.6. The topological polar surface area (TPSA) is 138 Å². The molecular formula is C43H68N2O6. The van der Waals surface area contributed by atoms with Crippen molar-refractivity contribution in [3.63, 3.8) is 0 Å². The normalized spacial score (nSPS) is 54.5. The third kappa shape index (κ3) is 4.72. The number of nitrogens with two attached hydrogens (primary N) is 1. The van der Waals surface area contributed by atoms with E-state index in [2.05, 4.69) is 39.9 Å². The Hall–Kier alpha value is -0.870. The number of hydrogen-bond acceptors (Lipinski definition) is 8. The monoisotopic (exact) mass is 709 g/mol. The number of carbonyl (C=O) groups is 1. The first-order valence-electron chi connectivity index (χ1n) is 21.2. The van der Waals surface area contributed by atoms with Crippen LogP contribution in [0.4, 0.5) is 0 Å². The Balaban J connectivity index is 1.07. The summed E-state index contributed by atoms with van der Waals surface area (Å²) >= 11 is 0. The van der Waals surface area contributed by atoms with Gasteiger partial charge in [-0.3, -0.25) is 4.79 Å². The van der Waals surface area contributed by atoms with Crippen LogP contribution in [0.25, 0.3) is 0 Å². The summed E-state index contributed by atoms with van der Waals surface area (Å²) < 4.78 is 14.0. The molecule has 0 aromatic carbocycles. The number of ether oxygens (including phenoxy) is 2. The van der Waals surface area contributed by atoms with Gasteiger partial charge in [0.1, 0.15) is 17.8 Å². The molecule has 0 aromatic rings. The summed E-state index contributed by atoms with van der Waals surface area (Å²) in [4.78, 5) is 14.6. The van der Waals surface area contributed by atoms with E-state index in [0.717, 1.165) is 101 Å². The number of ketones is 1. The second-order valence-corrected chi connectivity index (χ2v) is 21.1. The molecule has 8 heteroatoms. The van der Waals surface area contributed by atoms with Crippen molar-refractivity contribution in [3.8, 4) is 0 Å². The van der Waals surface area contributed by atoms with Gasteiger partial charge in [0.25, 0.3) is 0 Å². The van der Waals surface area contributed by atoms with Gasteiger partial charge in [0.2, 0.25) is 0 Å². The van der Waals surface area contributed by atoms with Crippen molar-refractivity contribution in [2.24, 2.45) is 69.3 Å². The van der Waals surface area contributed by atoms with Crippen LogP contribution in [0, 0.1) is 63.6 Å². The maximum absolute atomic E-state index is 14.6. The van der Waals surface area contributed by atoms with E-state index in [1.807, 2.05) is 6.92 Å². The third-order valence-electron chi connectivity index (χ3n) is 18.4. The summed E-state index contributed by atoms with van der Waals surface area (Å²) in [6.45, 7) is 15.1. The Kier molecular flexibility index (Phi) is 8.13. The molecule has 0 bridgehead atoms. The number of Topliss-reactive ketones (excluding diaryl/α,β-unsaturated/α-hetero) is 1. The van der Waals surface area contributed by atoms with Crippen LogP contribution in [0.15, 0.2) is 11.1 Å². The zero-order valence-electron chi connectivity index (χ0n) is 32.4. The zero-order valence-corrected chi connectivity index (χ0v) is 32.4. The van der Waals surface area contributed by atoms with Crippen molar-refractivity contribution in [2.45, 2.75) is 173 Å². The van der Waals surface area contributed by atoms with Crippen LogP contribution in [0.2, 0.25) is 0 Å². The predicted octanol–water partition coefficient (Wildman–Crippen LogP) is 5.65. The molecule has 17 unspecified atom stereocenters. The maximum Gasteiger partial charge on any atom is 0.162 e. The molecule has 6 aliphatic carbocycles. The van der Waals surface area contributed by atoms with Crippen molar-refractivity contribution in [2.75, 3.05) is 13.2 Å². The SMILES string of the molecule is CC1CCOC(C2OC2C(C)(O)C(C)(C)CCC2CCNC(N)C2)(C2CC3CCC4=C5C6C(CCC7CC(O)CC(C4=O)C76C)CC2(C)C53O)C1. The van der Waals surface area contributed by atoms with Gasteiger partial charge in [0.15, 0.2) is 5.78 Å². The third-order valence-corrected chi connectivity index (χ3v) is 18.4. The van der Waals surface area contributed by atoms with Gasteiger partial charge in [0.05, 0.1) is 23.5 Å². The molecule has 9 aliphatic rings. The minimum atomic E-state index is -1.05. The Bertz CT molecular complexity index is 1480. The largest absolute Gasteiger partial charge is 0.393 e. The summed E-state index contributed by atoms with van der Waals surface area (Å²) in [5, 5.41) is 40.5. The van der Waals surface area contributed by atoms with Crippen LogP contribution in [-0.2, 0) is 14.3 Å². The van der Waals surface area contributed by atoms with Crippen LogP contribution >= 0.6 is 0 Å². The lowest BCUT2D eigenvalue weighted by molar-refractivity contribution is -0.216. The fourth-order valence-electron chi connectivity index (χ4n) is 15.3. The Morgan fingerprint density at radius 3 is 2.53 bits per heavy atom. The number of rotatable bonds is 7. The second-order valence-electron chi connectivity index (χ2n) is 21.1. The van der Waals surface area contributed by atoms with E-state index < -0.39 is 28.3 Å². The lowest BCUT2D eigenvalue weighted by atomic mass is 9.36. The zero-order chi connectivity index (χ0) is 36.1. The van der Waals surface area contributed by atoms with Gasteiger partial charge in [-0.05, 0) is 167 Å². The Morgan fingerprint density at radius 2 is 1.78 bits per heavy atom. The minimum Gasteiger partial charge on any atom is -0.393 e. The van der Waals surface area contributed by atoms with Crippen LogP contribution in [0.1, 0.15) is 131 Å². The Labute approximate surface area is 306 Å². The number of hydrogen-bond donors (Lipinski definition) is 5. The summed E-state index contributed by atoms with van der Waals surface area (Å²) in [6.07, 6.45) is 11.9. The number of carbonyl (C=O) groups excluding carboxylic acids is 1. The Morgan fingerprint density at radius 1 is 1.00 bits per heavy atom. The molecule has 51 heavy (non-hydrogen) atoms. The van der Waals surface area contributed by atoms with Crippen molar-refractivity contribution >= 4 is 5.78 Å². The molecule has 0 aromatic heterocycles. The minimum absolute atomic E-state index is 0.0589. The maximum atomic E-state index is 14.6. The van der Waals surface area contributed by atoms with E-state index in [1.165, 1.54) is 0 Å². The number of piperidine rings is 1. The molecule has 6 N–H and O–H groups in total. The van der Waals surface area contributed by atoms with Gasteiger partial charge in [-0.2, -0.15) is 0 Å². The van der Waals surface area contributed by atoms with Gasteiger partial charge < -0.3 is 35.8 Å². The summed E-state index contributed by atoms with van der Waals surface area (Å²) in [7, 11) is 0. The first-order valence-corrected chi connectivity index (χ1v) is 21.2. The lowest BCUT2D eigenvalue weighted by Gasteiger charge is -2.69. The average molecular weight is 709 g/mol. The van der Waals surface area contributed by atoms with Gasteiger partial charge in [-0.1, -0.05) is 34.6 Å². The highest BCUT2D eigenvalue weighted by Gasteiger charge is 2.79. The van der Waals surface area contributed by atoms with Crippen molar-refractivity contribution in [3.05, 3.63) is 11.1 Å². The van der Waals surface area contributed by atoms with E-state index in [4.69, 9.17) is 15.2 Å². The number of nitrogens with one attached hydrogen (secondary N) is 1. The van der Waals surface area contributed by atoms with Gasteiger partial charge in [-0.15, -0.1) is 0 Å². The fraction of sp³-hybridized carbons (Fsp3) is 0.930. The van der Waals surface area contributed by atoms with E-state index >= 15 is 0 Å². The summed E-state index contributed by atoms with van der Waals surface area (Å²) in [5.41, 5.74) is 4.57. The van der Waals surface area contributed by atoms with Crippen molar-refractivity contribution in [1.82, 2.24) is 5.32 Å². The lowest BCUT2D eigenvalue weighted by Crippen LogP contribution is -2.69. The number of aliphatic hydroxyl groups excluding tert-OH is 1. The number of allylic oxidation sites excluding steroid dienone is 1. The van der Waals surface area contributed by atoms with Crippen molar-refractivity contribution < 1.29 is 29.6 Å². The molecule has 9 rings (SSSR count). The fourth-order valence-corrected chi connectivity index (χ4v) is 15.3. The molecule has 4 saturated carbocycles. The van der Waals surface area contributed by atoms with Crippen LogP contribution < -0.4 is 11.1 Å². The summed E-state index contributed by atoms with van der Waals surface area (Å²) in [5.74, 6) is 2.21. The average Bonchev–Trinajstić information content (AvgIpc) is 3.85. The molecule has 286 valence electrons. The standard InChI is InChI=1S/C43H68N2O6/c1-23-13-16-50-42(21-23,37-36(51-37)41(6,48)38(2,3)14-11-24-12-15-45-32(44)17-24)31-19-27-9-10-29-34-33-25(22-39(31,4)43(27,34)49)7-8-26-18-28(46)20-30(35(29)47)40(26,33)5/h23-28,30-33,36-37,45-46,48-49H,7-22,44H2,1-6H3. The molecule has 0 radical (unpaired) electrons. The summed E-state index contributed by atoms with van der Waals surface area (Å²) in [6, 6.07) is 0. The molecule has 3 saturated heterocycles. The predicted molar refractivity (Wildman–Crippen MR) is 195 cm³/mol. The molecule has 17 atom stereocenters. The smallest absolute Gasteiger partial charge is 0.162 e. The molecule has 3 aliphatic heterocycles. The van der Waals surface area contributed by atoms with Crippen LogP contribution in [-0.4, -0.2) is 75.5 Å². The van der Waals surface area contributed by atoms with E-state index in [9.17, 15) is 20.1 Å².